The van der Waals surface area contributed by atoms with Crippen molar-refractivity contribution in [2.24, 2.45) is 0 Å². The number of aryl methyl sites for hydroxylation is 1. The summed E-state index contributed by atoms with van der Waals surface area (Å²) >= 11 is 3.06. The van der Waals surface area contributed by atoms with Gasteiger partial charge in [0.1, 0.15) is 23.9 Å². The van der Waals surface area contributed by atoms with Crippen LogP contribution in [-0.2, 0) is 12.4 Å². The second kappa shape index (κ2) is 9.27. The standard InChI is InChI=1S/C21H19FN4O2S2/c1-14-23-15(12-29-14)13-30-21-25-24-20(26(21)19-6-4-3-5-18(19)22)11-28-17-9-7-16(27-2)8-10-17/h3-10,12H,11,13H2,1-2H3. The Morgan fingerprint density at radius 2 is 1.83 bits per heavy atom. The van der Waals surface area contributed by atoms with Gasteiger partial charge in [0, 0.05) is 11.1 Å². The zero-order chi connectivity index (χ0) is 20.9. The highest BCUT2D eigenvalue weighted by Crippen LogP contribution is 2.28. The molecule has 6 nitrogen and oxygen atoms in total. The van der Waals surface area contributed by atoms with E-state index in [1.807, 2.05) is 36.6 Å². The van der Waals surface area contributed by atoms with Crippen molar-refractivity contribution in [2.45, 2.75) is 24.4 Å². The van der Waals surface area contributed by atoms with Crippen molar-refractivity contribution < 1.29 is 13.9 Å². The van der Waals surface area contributed by atoms with Crippen LogP contribution in [0.1, 0.15) is 16.5 Å². The average molecular weight is 443 g/mol. The van der Waals surface area contributed by atoms with Crippen LogP contribution in [0.25, 0.3) is 5.69 Å². The predicted molar refractivity (Wildman–Crippen MR) is 115 cm³/mol. The topological polar surface area (TPSA) is 62.1 Å². The van der Waals surface area contributed by atoms with Crippen LogP contribution < -0.4 is 9.47 Å². The number of halogens is 1. The number of thiazole rings is 1. The number of hydrogen-bond donors (Lipinski definition) is 0. The van der Waals surface area contributed by atoms with E-state index in [-0.39, 0.29) is 12.4 Å². The maximum absolute atomic E-state index is 14.6. The number of methoxy groups -OCH3 is 1. The molecule has 0 radical (unpaired) electrons. The van der Waals surface area contributed by atoms with Crippen molar-refractivity contribution in [2.75, 3.05) is 7.11 Å². The number of nitrogens with zero attached hydrogens (tertiary/aromatic N) is 4. The van der Waals surface area contributed by atoms with Crippen LogP contribution in [-0.4, -0.2) is 26.9 Å². The molecule has 0 amide bonds. The molecule has 4 aromatic rings. The molecule has 9 heteroatoms. The van der Waals surface area contributed by atoms with E-state index in [1.54, 1.807) is 41.2 Å². The fourth-order valence-electron chi connectivity index (χ4n) is 2.80. The first-order valence-corrected chi connectivity index (χ1v) is 11.0. The molecule has 154 valence electrons. The Bertz CT molecular complexity index is 1130. The summed E-state index contributed by atoms with van der Waals surface area (Å²) in [4.78, 5) is 4.47. The average Bonchev–Trinajstić information content (AvgIpc) is 3.37. The Labute approximate surface area is 181 Å². The molecule has 0 spiro atoms. The van der Waals surface area contributed by atoms with Gasteiger partial charge in [-0.2, -0.15) is 0 Å². The van der Waals surface area contributed by atoms with Gasteiger partial charge in [0.05, 0.1) is 23.5 Å². The molecule has 0 N–H and O–H groups in total. The van der Waals surface area contributed by atoms with Crippen LogP contribution in [0, 0.1) is 12.7 Å². The third-order valence-corrected chi connectivity index (χ3v) is 6.02. The number of ether oxygens (including phenoxy) is 2. The number of thioether (sulfide) groups is 1. The van der Waals surface area contributed by atoms with Gasteiger partial charge in [-0.25, -0.2) is 9.37 Å². The van der Waals surface area contributed by atoms with Gasteiger partial charge in [0.2, 0.25) is 0 Å². The second-order valence-electron chi connectivity index (χ2n) is 6.30. The first kappa shape index (κ1) is 20.4. The summed E-state index contributed by atoms with van der Waals surface area (Å²) in [6, 6.07) is 13.8. The number of benzene rings is 2. The van der Waals surface area contributed by atoms with Gasteiger partial charge < -0.3 is 9.47 Å². The summed E-state index contributed by atoms with van der Waals surface area (Å²) in [6.45, 7) is 2.11. The first-order chi connectivity index (χ1) is 14.6. The molecule has 30 heavy (non-hydrogen) atoms. The van der Waals surface area contributed by atoms with Crippen LogP contribution >= 0.6 is 23.1 Å². The minimum absolute atomic E-state index is 0.143. The maximum atomic E-state index is 14.6. The number of para-hydroxylation sites is 1. The molecule has 2 heterocycles. The van der Waals surface area contributed by atoms with Gasteiger partial charge in [0.25, 0.3) is 0 Å². The van der Waals surface area contributed by atoms with E-state index in [0.717, 1.165) is 16.5 Å². The van der Waals surface area contributed by atoms with Crippen LogP contribution in [0.15, 0.2) is 59.1 Å². The third kappa shape index (κ3) is 4.63. The Kier molecular flexibility index (Phi) is 6.29. The predicted octanol–water partition coefficient (Wildman–Crippen LogP) is 5.05. The van der Waals surface area contributed by atoms with Gasteiger partial charge in [-0.1, -0.05) is 23.9 Å². The van der Waals surface area contributed by atoms with Crippen molar-refractivity contribution >= 4 is 23.1 Å². The van der Waals surface area contributed by atoms with Crippen LogP contribution in [0.4, 0.5) is 4.39 Å². The van der Waals surface area contributed by atoms with E-state index in [1.165, 1.54) is 17.8 Å². The molecule has 0 saturated heterocycles. The minimum atomic E-state index is -0.352. The lowest BCUT2D eigenvalue weighted by molar-refractivity contribution is 0.292. The van der Waals surface area contributed by atoms with Crippen molar-refractivity contribution in [3.05, 3.63) is 76.3 Å². The Balaban J connectivity index is 1.59. The van der Waals surface area contributed by atoms with Crippen molar-refractivity contribution in [1.29, 1.82) is 0 Å². The van der Waals surface area contributed by atoms with E-state index in [2.05, 4.69) is 15.2 Å². The smallest absolute Gasteiger partial charge is 0.196 e. The summed E-state index contributed by atoms with van der Waals surface area (Å²) in [5, 5.41) is 12.1. The van der Waals surface area contributed by atoms with Crippen LogP contribution in [0.2, 0.25) is 0 Å². The van der Waals surface area contributed by atoms with E-state index in [9.17, 15) is 4.39 Å². The van der Waals surface area contributed by atoms with Gasteiger partial charge >= 0.3 is 0 Å². The van der Waals surface area contributed by atoms with Gasteiger partial charge in [-0.3, -0.25) is 4.57 Å². The SMILES string of the molecule is COc1ccc(OCc2nnc(SCc3csc(C)n3)n2-c2ccccc2F)cc1. The lowest BCUT2D eigenvalue weighted by atomic mass is 10.3. The molecule has 0 aliphatic heterocycles. The van der Waals surface area contributed by atoms with Crippen LogP contribution in [0.5, 0.6) is 11.5 Å². The molecule has 0 unspecified atom stereocenters. The normalized spacial score (nSPS) is 10.9. The molecule has 4 rings (SSSR count). The first-order valence-electron chi connectivity index (χ1n) is 9.14. The molecule has 2 aromatic heterocycles. The monoisotopic (exact) mass is 442 g/mol. The van der Waals surface area contributed by atoms with Crippen molar-refractivity contribution in [3.63, 3.8) is 0 Å². The summed E-state index contributed by atoms with van der Waals surface area (Å²) in [5.41, 5.74) is 1.34. The van der Waals surface area contributed by atoms with Crippen molar-refractivity contribution in [1.82, 2.24) is 19.7 Å². The van der Waals surface area contributed by atoms with E-state index in [4.69, 9.17) is 9.47 Å². The molecular weight excluding hydrogens is 423 g/mol. The molecule has 0 bridgehead atoms. The van der Waals surface area contributed by atoms with Gasteiger partial charge in [0.15, 0.2) is 11.0 Å². The highest BCUT2D eigenvalue weighted by Gasteiger charge is 2.18. The van der Waals surface area contributed by atoms with E-state index < -0.39 is 0 Å². The summed E-state index contributed by atoms with van der Waals surface area (Å²) < 4.78 is 27.3. The Morgan fingerprint density at radius 1 is 1.07 bits per heavy atom. The molecule has 0 saturated carbocycles. The largest absolute Gasteiger partial charge is 0.497 e. The zero-order valence-electron chi connectivity index (χ0n) is 16.4. The third-order valence-electron chi connectivity index (χ3n) is 4.24. The van der Waals surface area contributed by atoms with E-state index >= 15 is 0 Å². The maximum Gasteiger partial charge on any atom is 0.196 e. The lowest BCUT2D eigenvalue weighted by Crippen LogP contribution is -2.08. The Hall–Kier alpha value is -2.91. The number of rotatable bonds is 8. The quantitative estimate of drug-likeness (QED) is 0.356. The number of aromatic nitrogens is 4. The van der Waals surface area contributed by atoms with Gasteiger partial charge in [-0.15, -0.1) is 21.5 Å². The fraction of sp³-hybridized carbons (Fsp3) is 0.190. The summed E-state index contributed by atoms with van der Waals surface area (Å²) in [5.74, 6) is 2.18. The molecule has 2 aromatic carbocycles. The molecule has 0 fully saturated rings. The van der Waals surface area contributed by atoms with Crippen LogP contribution in [0.3, 0.4) is 0 Å². The van der Waals surface area contributed by atoms with E-state index in [0.29, 0.717) is 28.2 Å². The second-order valence-corrected chi connectivity index (χ2v) is 8.30. The molecule has 0 aliphatic carbocycles. The Morgan fingerprint density at radius 3 is 2.53 bits per heavy atom. The lowest BCUT2D eigenvalue weighted by Gasteiger charge is -2.12. The summed E-state index contributed by atoms with van der Waals surface area (Å²) in [7, 11) is 1.61. The fourth-order valence-corrected chi connectivity index (χ4v) is 4.37. The molecular formula is C21H19FN4O2S2. The molecule has 0 aliphatic rings. The number of hydrogen-bond acceptors (Lipinski definition) is 7. The summed E-state index contributed by atoms with van der Waals surface area (Å²) in [6.07, 6.45) is 0. The highest BCUT2D eigenvalue weighted by atomic mass is 32.2. The minimum Gasteiger partial charge on any atom is -0.497 e. The van der Waals surface area contributed by atoms with Crippen molar-refractivity contribution in [3.8, 4) is 17.2 Å². The zero-order valence-corrected chi connectivity index (χ0v) is 18.0. The highest BCUT2D eigenvalue weighted by molar-refractivity contribution is 7.98. The van der Waals surface area contributed by atoms with Gasteiger partial charge in [-0.05, 0) is 43.3 Å². The molecule has 0 atom stereocenters.